The number of nitrogens with zero attached hydrogens (tertiary/aromatic N) is 1. The van der Waals surface area contributed by atoms with Crippen molar-refractivity contribution in [2.75, 3.05) is 19.0 Å². The Morgan fingerprint density at radius 3 is 2.38 bits per heavy atom. The number of carbonyl (C=O) groups is 2. The van der Waals surface area contributed by atoms with Crippen LogP contribution in [0.5, 0.6) is 5.75 Å². The van der Waals surface area contributed by atoms with Crippen molar-refractivity contribution in [2.45, 2.75) is 45.8 Å². The summed E-state index contributed by atoms with van der Waals surface area (Å²) in [6.45, 7) is 6.58. The number of hydrogen-bond donors (Lipinski definition) is 1. The van der Waals surface area contributed by atoms with E-state index in [2.05, 4.69) is 5.32 Å². The molecule has 5 nitrogen and oxygen atoms in total. The Morgan fingerprint density at radius 1 is 1.27 bits per heavy atom. The van der Waals surface area contributed by atoms with E-state index in [1.165, 1.54) is 0 Å². The fourth-order valence-corrected chi connectivity index (χ4v) is 2.96. The molecule has 144 valence electrons. The highest BCUT2D eigenvalue weighted by Crippen LogP contribution is 2.21. The molecule has 1 saturated heterocycles. The lowest BCUT2D eigenvalue weighted by molar-refractivity contribution is -0.139. The first-order chi connectivity index (χ1) is 12.2. The normalized spacial score (nSPS) is 16.9. The maximum atomic E-state index is 12.6. The molecule has 2 rings (SSSR count). The van der Waals surface area contributed by atoms with Crippen LogP contribution in [0.3, 0.4) is 0 Å². The first-order valence-corrected chi connectivity index (χ1v) is 9.72. The zero-order chi connectivity index (χ0) is 19.3. The number of amides is 2. The molecular formula is C19H26Cl2N2O3. The van der Waals surface area contributed by atoms with Gasteiger partial charge in [0.05, 0.1) is 5.41 Å². The Hall–Kier alpha value is -1.46. The van der Waals surface area contributed by atoms with Gasteiger partial charge in [-0.05, 0) is 57.9 Å². The molecule has 7 heteroatoms. The van der Waals surface area contributed by atoms with E-state index in [9.17, 15) is 9.59 Å². The number of likely N-dealkylation sites (tertiary alicyclic amines) is 1. The van der Waals surface area contributed by atoms with Crippen molar-refractivity contribution in [3.8, 4) is 5.75 Å². The van der Waals surface area contributed by atoms with Gasteiger partial charge in [-0.2, -0.15) is 0 Å². The van der Waals surface area contributed by atoms with Crippen LogP contribution in [0.2, 0.25) is 5.02 Å². The molecule has 0 spiro atoms. The van der Waals surface area contributed by atoms with Crippen molar-refractivity contribution in [1.82, 2.24) is 10.2 Å². The zero-order valence-electron chi connectivity index (χ0n) is 15.4. The molecule has 0 saturated carbocycles. The van der Waals surface area contributed by atoms with Crippen LogP contribution in [0.4, 0.5) is 0 Å². The quantitative estimate of drug-likeness (QED) is 0.743. The SMILES string of the molecule is CC(Oc1ccc(Cl)cc1)C(=O)N1CCC(NC(=O)C(C)(C)CCl)CC1. The summed E-state index contributed by atoms with van der Waals surface area (Å²) in [5.74, 6) is 0.790. The number of ether oxygens (including phenoxy) is 1. The molecule has 0 aliphatic carbocycles. The molecule has 0 bridgehead atoms. The predicted octanol–water partition coefficient (Wildman–Crippen LogP) is 3.48. The van der Waals surface area contributed by atoms with E-state index < -0.39 is 11.5 Å². The second kappa shape index (κ2) is 8.96. The van der Waals surface area contributed by atoms with Crippen molar-refractivity contribution in [3.05, 3.63) is 29.3 Å². The molecule has 1 N–H and O–H groups in total. The molecule has 1 atom stereocenters. The average Bonchev–Trinajstić information content (AvgIpc) is 2.63. The van der Waals surface area contributed by atoms with Gasteiger partial charge in [0.15, 0.2) is 6.10 Å². The topological polar surface area (TPSA) is 58.6 Å². The molecular weight excluding hydrogens is 375 g/mol. The number of piperidine rings is 1. The largest absolute Gasteiger partial charge is 0.481 e. The minimum atomic E-state index is -0.588. The van der Waals surface area contributed by atoms with Crippen LogP contribution in [0.25, 0.3) is 0 Å². The van der Waals surface area contributed by atoms with Gasteiger partial charge in [-0.1, -0.05) is 11.6 Å². The molecule has 1 aromatic carbocycles. The Morgan fingerprint density at radius 2 is 1.85 bits per heavy atom. The summed E-state index contributed by atoms with van der Waals surface area (Å²) in [7, 11) is 0. The van der Waals surface area contributed by atoms with Crippen molar-refractivity contribution in [1.29, 1.82) is 0 Å². The molecule has 1 heterocycles. The number of rotatable bonds is 6. The van der Waals surface area contributed by atoms with E-state index >= 15 is 0 Å². The number of alkyl halides is 1. The second-order valence-electron chi connectivity index (χ2n) is 7.30. The van der Waals surface area contributed by atoms with Gasteiger partial charge in [-0.25, -0.2) is 0 Å². The van der Waals surface area contributed by atoms with E-state index in [1.807, 2.05) is 13.8 Å². The Balaban J connectivity index is 1.82. The third kappa shape index (κ3) is 5.52. The van der Waals surface area contributed by atoms with Crippen LogP contribution >= 0.6 is 23.2 Å². The van der Waals surface area contributed by atoms with Crippen LogP contribution in [-0.4, -0.2) is 47.8 Å². The highest BCUT2D eigenvalue weighted by molar-refractivity contribution is 6.30. The zero-order valence-corrected chi connectivity index (χ0v) is 16.9. The van der Waals surface area contributed by atoms with Crippen LogP contribution in [0.1, 0.15) is 33.6 Å². The van der Waals surface area contributed by atoms with E-state index in [1.54, 1.807) is 36.1 Å². The van der Waals surface area contributed by atoms with E-state index in [-0.39, 0.29) is 23.7 Å². The minimum absolute atomic E-state index is 0.0447. The van der Waals surface area contributed by atoms with Crippen LogP contribution < -0.4 is 10.1 Å². The summed E-state index contributed by atoms with van der Waals surface area (Å²) in [5, 5.41) is 3.66. The van der Waals surface area contributed by atoms with Gasteiger partial charge in [0.1, 0.15) is 5.75 Å². The lowest BCUT2D eigenvalue weighted by Crippen LogP contribution is -2.51. The monoisotopic (exact) mass is 400 g/mol. The lowest BCUT2D eigenvalue weighted by Gasteiger charge is -2.35. The lowest BCUT2D eigenvalue weighted by atomic mass is 9.93. The summed E-state index contributed by atoms with van der Waals surface area (Å²) in [6, 6.07) is 7.01. The molecule has 0 radical (unpaired) electrons. The molecule has 0 aromatic heterocycles. The molecule has 26 heavy (non-hydrogen) atoms. The maximum absolute atomic E-state index is 12.6. The van der Waals surface area contributed by atoms with Crippen LogP contribution in [0, 0.1) is 5.41 Å². The van der Waals surface area contributed by atoms with E-state index in [0.717, 1.165) is 12.8 Å². The Bertz CT molecular complexity index is 626. The fraction of sp³-hybridized carbons (Fsp3) is 0.579. The van der Waals surface area contributed by atoms with Gasteiger partial charge in [-0.3, -0.25) is 9.59 Å². The smallest absolute Gasteiger partial charge is 0.263 e. The number of benzene rings is 1. The van der Waals surface area contributed by atoms with Crippen LogP contribution in [0.15, 0.2) is 24.3 Å². The minimum Gasteiger partial charge on any atom is -0.481 e. The molecule has 1 aliphatic rings. The van der Waals surface area contributed by atoms with Crippen molar-refractivity contribution < 1.29 is 14.3 Å². The highest BCUT2D eigenvalue weighted by atomic mass is 35.5. The van der Waals surface area contributed by atoms with Gasteiger partial charge in [0, 0.05) is 30.0 Å². The third-order valence-corrected chi connectivity index (χ3v) is 5.49. The standard InChI is InChI=1S/C19H26Cl2N2O3/c1-13(26-16-6-4-14(21)5-7-16)17(24)23-10-8-15(9-11-23)22-18(25)19(2,3)12-20/h4-7,13,15H,8-12H2,1-3H3,(H,22,25). The summed E-state index contributed by atoms with van der Waals surface area (Å²) in [4.78, 5) is 26.6. The molecule has 1 unspecified atom stereocenters. The summed E-state index contributed by atoms with van der Waals surface area (Å²) in [6.07, 6.45) is 0.880. The summed E-state index contributed by atoms with van der Waals surface area (Å²) in [5.41, 5.74) is -0.588. The summed E-state index contributed by atoms with van der Waals surface area (Å²) >= 11 is 11.7. The number of halogens is 2. The second-order valence-corrected chi connectivity index (χ2v) is 8.01. The maximum Gasteiger partial charge on any atom is 0.263 e. The van der Waals surface area contributed by atoms with Crippen molar-refractivity contribution in [3.63, 3.8) is 0 Å². The van der Waals surface area contributed by atoms with Gasteiger partial charge < -0.3 is 15.0 Å². The molecule has 2 amide bonds. The number of carbonyl (C=O) groups excluding carboxylic acids is 2. The fourth-order valence-electron chi connectivity index (χ4n) is 2.71. The number of nitrogens with one attached hydrogen (secondary N) is 1. The van der Waals surface area contributed by atoms with Gasteiger partial charge in [-0.15, -0.1) is 11.6 Å². The first-order valence-electron chi connectivity index (χ1n) is 8.81. The Kier molecular flexibility index (Phi) is 7.18. The van der Waals surface area contributed by atoms with Gasteiger partial charge in [0.25, 0.3) is 5.91 Å². The summed E-state index contributed by atoms with van der Waals surface area (Å²) < 4.78 is 5.70. The highest BCUT2D eigenvalue weighted by Gasteiger charge is 2.31. The van der Waals surface area contributed by atoms with E-state index in [0.29, 0.717) is 23.9 Å². The van der Waals surface area contributed by atoms with Gasteiger partial charge >= 0.3 is 0 Å². The van der Waals surface area contributed by atoms with E-state index in [4.69, 9.17) is 27.9 Å². The third-order valence-electron chi connectivity index (χ3n) is 4.56. The van der Waals surface area contributed by atoms with Crippen molar-refractivity contribution in [2.24, 2.45) is 5.41 Å². The first kappa shape index (κ1) is 20.8. The average molecular weight is 401 g/mol. The molecule has 1 aromatic rings. The van der Waals surface area contributed by atoms with Gasteiger partial charge in [0.2, 0.25) is 5.91 Å². The van der Waals surface area contributed by atoms with Crippen molar-refractivity contribution >= 4 is 35.0 Å². The van der Waals surface area contributed by atoms with Crippen LogP contribution in [-0.2, 0) is 9.59 Å². The predicted molar refractivity (Wildman–Crippen MR) is 104 cm³/mol. The number of hydrogen-bond acceptors (Lipinski definition) is 3. The molecule has 1 aliphatic heterocycles. The molecule has 1 fully saturated rings. The Labute approximate surface area is 165 Å².